The van der Waals surface area contributed by atoms with Crippen LogP contribution in [-0.4, -0.2) is 44.0 Å². The summed E-state index contributed by atoms with van der Waals surface area (Å²) >= 11 is 0. The van der Waals surface area contributed by atoms with Gasteiger partial charge in [-0.2, -0.15) is 4.31 Å². The second kappa shape index (κ2) is 9.21. The molecule has 2 aromatic carbocycles. The van der Waals surface area contributed by atoms with Crippen molar-refractivity contribution in [3.63, 3.8) is 0 Å². The summed E-state index contributed by atoms with van der Waals surface area (Å²) in [6.45, 7) is 14.5. The highest BCUT2D eigenvalue weighted by molar-refractivity contribution is 7.89. The SMILES string of the molecule is CC(C)c1cc(C(C)C)c(S(=O)(=O)N2CCN(c3ccccc3O)CC2)c(C(C)C)c1. The van der Waals surface area contributed by atoms with Crippen LogP contribution in [0.25, 0.3) is 0 Å². The van der Waals surface area contributed by atoms with Gasteiger partial charge in [0.05, 0.1) is 10.6 Å². The molecule has 1 fully saturated rings. The average molecular weight is 445 g/mol. The fraction of sp³-hybridized carbons (Fsp3) is 0.520. The van der Waals surface area contributed by atoms with Gasteiger partial charge in [-0.3, -0.25) is 0 Å². The molecular weight excluding hydrogens is 408 g/mol. The van der Waals surface area contributed by atoms with Gasteiger partial charge in [-0.1, -0.05) is 65.8 Å². The smallest absolute Gasteiger partial charge is 0.243 e. The van der Waals surface area contributed by atoms with Gasteiger partial charge in [0.15, 0.2) is 0 Å². The highest BCUT2D eigenvalue weighted by Gasteiger charge is 2.34. The molecule has 1 saturated heterocycles. The van der Waals surface area contributed by atoms with Crippen molar-refractivity contribution in [2.45, 2.75) is 64.2 Å². The van der Waals surface area contributed by atoms with Crippen molar-refractivity contribution in [3.05, 3.63) is 53.1 Å². The highest BCUT2D eigenvalue weighted by Crippen LogP contribution is 2.37. The summed E-state index contributed by atoms with van der Waals surface area (Å²) in [5, 5.41) is 10.2. The fourth-order valence-corrected chi connectivity index (χ4v) is 6.30. The normalized spacial score (nSPS) is 16.0. The lowest BCUT2D eigenvalue weighted by Gasteiger charge is -2.36. The minimum absolute atomic E-state index is 0.114. The minimum Gasteiger partial charge on any atom is -0.506 e. The maximum absolute atomic E-state index is 13.9. The summed E-state index contributed by atoms with van der Waals surface area (Å²) < 4.78 is 29.4. The molecule has 0 atom stereocenters. The topological polar surface area (TPSA) is 60.9 Å². The number of aromatic hydroxyl groups is 1. The van der Waals surface area contributed by atoms with E-state index in [1.807, 2.05) is 12.1 Å². The third-order valence-electron chi connectivity index (χ3n) is 6.14. The Balaban J connectivity index is 1.98. The molecule has 1 heterocycles. The van der Waals surface area contributed by atoms with Gasteiger partial charge in [0.25, 0.3) is 0 Å². The molecule has 0 saturated carbocycles. The molecule has 1 aliphatic heterocycles. The van der Waals surface area contributed by atoms with Crippen LogP contribution < -0.4 is 4.90 Å². The summed E-state index contributed by atoms with van der Waals surface area (Å²) in [6, 6.07) is 11.4. The Morgan fingerprint density at radius 3 is 1.77 bits per heavy atom. The molecular formula is C25H36N2O3S. The van der Waals surface area contributed by atoms with Crippen LogP contribution in [0.15, 0.2) is 41.3 Å². The molecule has 0 radical (unpaired) electrons. The van der Waals surface area contributed by atoms with Crippen LogP contribution in [0.2, 0.25) is 0 Å². The van der Waals surface area contributed by atoms with Crippen LogP contribution >= 0.6 is 0 Å². The van der Waals surface area contributed by atoms with E-state index in [-0.39, 0.29) is 17.6 Å². The molecule has 3 rings (SSSR count). The predicted octanol–water partition coefficient (Wildman–Crippen LogP) is 5.27. The zero-order valence-electron chi connectivity index (χ0n) is 19.6. The first-order valence-corrected chi connectivity index (χ1v) is 12.7. The van der Waals surface area contributed by atoms with Gasteiger partial charge >= 0.3 is 0 Å². The van der Waals surface area contributed by atoms with E-state index in [2.05, 4.69) is 58.6 Å². The number of anilines is 1. The summed E-state index contributed by atoms with van der Waals surface area (Å²) in [5.74, 6) is 0.799. The lowest BCUT2D eigenvalue weighted by molar-refractivity contribution is 0.381. The van der Waals surface area contributed by atoms with E-state index in [4.69, 9.17) is 0 Å². The maximum Gasteiger partial charge on any atom is 0.243 e. The number of piperazine rings is 1. The Bertz CT molecular complexity index is 992. The zero-order valence-corrected chi connectivity index (χ0v) is 20.4. The molecule has 2 aromatic rings. The Morgan fingerprint density at radius 1 is 0.806 bits per heavy atom. The van der Waals surface area contributed by atoms with E-state index in [1.54, 1.807) is 16.4 Å². The van der Waals surface area contributed by atoms with Gasteiger partial charge in [0.2, 0.25) is 10.0 Å². The average Bonchev–Trinajstić information content (AvgIpc) is 2.73. The number of hydrogen-bond acceptors (Lipinski definition) is 4. The third kappa shape index (κ3) is 4.75. The lowest BCUT2D eigenvalue weighted by atomic mass is 9.89. The number of sulfonamides is 1. The molecule has 0 aromatic heterocycles. The van der Waals surface area contributed by atoms with Crippen molar-refractivity contribution in [3.8, 4) is 5.75 Å². The largest absolute Gasteiger partial charge is 0.506 e. The number of para-hydroxylation sites is 2. The maximum atomic E-state index is 13.9. The Labute approximate surface area is 187 Å². The number of hydrogen-bond donors (Lipinski definition) is 1. The van der Waals surface area contributed by atoms with Crippen molar-refractivity contribution in [2.24, 2.45) is 0 Å². The van der Waals surface area contributed by atoms with Gasteiger partial charge < -0.3 is 10.0 Å². The molecule has 0 amide bonds. The Hall–Kier alpha value is -2.05. The molecule has 5 nitrogen and oxygen atoms in total. The van der Waals surface area contributed by atoms with Crippen LogP contribution in [0.3, 0.4) is 0 Å². The van der Waals surface area contributed by atoms with E-state index < -0.39 is 10.0 Å². The van der Waals surface area contributed by atoms with Crippen LogP contribution in [0.4, 0.5) is 5.69 Å². The molecule has 0 aliphatic carbocycles. The fourth-order valence-electron chi connectivity index (χ4n) is 4.22. The summed E-state index contributed by atoms with van der Waals surface area (Å²) in [7, 11) is -3.63. The van der Waals surface area contributed by atoms with Crippen LogP contribution in [0, 0.1) is 0 Å². The quantitative estimate of drug-likeness (QED) is 0.659. The third-order valence-corrected chi connectivity index (χ3v) is 8.17. The van der Waals surface area contributed by atoms with Crippen LogP contribution in [-0.2, 0) is 10.0 Å². The standard InChI is InChI=1S/C25H36N2O3S/c1-17(2)20-15-21(18(3)4)25(22(16-20)19(5)6)31(29,30)27-13-11-26(12-14-27)23-9-7-8-10-24(23)28/h7-10,15-19,28H,11-14H2,1-6H3. The number of rotatable bonds is 6. The van der Waals surface area contributed by atoms with Crippen molar-refractivity contribution >= 4 is 15.7 Å². The number of phenolic OH excluding ortho intramolecular Hbond substituents is 1. The van der Waals surface area contributed by atoms with Crippen molar-refractivity contribution in [2.75, 3.05) is 31.1 Å². The zero-order chi connectivity index (χ0) is 22.9. The van der Waals surface area contributed by atoms with Gasteiger partial charge in [0.1, 0.15) is 5.75 Å². The molecule has 1 N–H and O–H groups in total. The predicted molar refractivity (Wildman–Crippen MR) is 128 cm³/mol. The van der Waals surface area contributed by atoms with Crippen LogP contribution in [0.1, 0.15) is 76.0 Å². The van der Waals surface area contributed by atoms with Gasteiger partial charge in [-0.15, -0.1) is 0 Å². The van der Waals surface area contributed by atoms with Gasteiger partial charge in [-0.05, 0) is 46.6 Å². The van der Waals surface area contributed by atoms with E-state index in [0.29, 0.717) is 37.0 Å². The molecule has 1 aliphatic rings. The van der Waals surface area contributed by atoms with Crippen LogP contribution in [0.5, 0.6) is 5.75 Å². The molecule has 0 spiro atoms. The highest BCUT2D eigenvalue weighted by atomic mass is 32.2. The summed E-state index contributed by atoms with van der Waals surface area (Å²) in [4.78, 5) is 2.55. The van der Waals surface area contributed by atoms with Crippen molar-refractivity contribution < 1.29 is 13.5 Å². The number of benzene rings is 2. The first-order chi connectivity index (χ1) is 14.5. The number of nitrogens with zero attached hydrogens (tertiary/aromatic N) is 2. The van der Waals surface area contributed by atoms with Crippen molar-refractivity contribution in [1.29, 1.82) is 0 Å². The van der Waals surface area contributed by atoms with E-state index >= 15 is 0 Å². The Kier molecular flexibility index (Phi) is 7.01. The lowest BCUT2D eigenvalue weighted by Crippen LogP contribution is -2.49. The summed E-state index contributed by atoms with van der Waals surface area (Å²) in [5.41, 5.74) is 3.78. The molecule has 0 bridgehead atoms. The van der Waals surface area contributed by atoms with Gasteiger partial charge in [-0.25, -0.2) is 8.42 Å². The van der Waals surface area contributed by atoms with Gasteiger partial charge in [0, 0.05) is 26.2 Å². The number of phenols is 1. The monoisotopic (exact) mass is 444 g/mol. The first kappa shape index (κ1) is 23.6. The second-order valence-corrected chi connectivity index (χ2v) is 11.2. The second-order valence-electron chi connectivity index (χ2n) is 9.37. The van der Waals surface area contributed by atoms with E-state index in [0.717, 1.165) is 16.8 Å². The van der Waals surface area contributed by atoms with E-state index in [9.17, 15) is 13.5 Å². The molecule has 170 valence electrons. The molecule has 0 unspecified atom stereocenters. The minimum atomic E-state index is -3.63. The van der Waals surface area contributed by atoms with Crippen molar-refractivity contribution in [1.82, 2.24) is 4.31 Å². The molecule has 6 heteroatoms. The first-order valence-electron chi connectivity index (χ1n) is 11.2. The van der Waals surface area contributed by atoms with E-state index in [1.165, 1.54) is 5.56 Å². The molecule has 31 heavy (non-hydrogen) atoms. The summed E-state index contributed by atoms with van der Waals surface area (Å²) in [6.07, 6.45) is 0. The Morgan fingerprint density at radius 2 is 1.32 bits per heavy atom.